The molecule has 2 aromatic carbocycles. The Balaban J connectivity index is 2.19. The zero-order valence-corrected chi connectivity index (χ0v) is 11.6. The maximum atomic E-state index is 11.4. The van der Waals surface area contributed by atoms with E-state index < -0.39 is 23.2 Å². The number of allylic oxidation sites excluding steroid dienone is 1. The number of hydrogen-bond acceptors (Lipinski definition) is 7. The minimum Gasteiger partial charge on any atom is -0.508 e. The molecule has 0 aliphatic carbocycles. The van der Waals surface area contributed by atoms with Crippen molar-refractivity contribution >= 4 is 12.0 Å². The van der Waals surface area contributed by atoms with Crippen LogP contribution in [-0.2, 0) is 4.79 Å². The highest BCUT2D eigenvalue weighted by Crippen LogP contribution is 2.46. The van der Waals surface area contributed by atoms with E-state index in [1.54, 1.807) is 0 Å². The zero-order chi connectivity index (χ0) is 16.7. The van der Waals surface area contributed by atoms with Gasteiger partial charge in [-0.2, -0.15) is 0 Å². The van der Waals surface area contributed by atoms with Gasteiger partial charge in [0.1, 0.15) is 29.5 Å². The largest absolute Gasteiger partial charge is 0.508 e. The van der Waals surface area contributed by atoms with Crippen LogP contribution in [0.3, 0.4) is 0 Å². The summed E-state index contributed by atoms with van der Waals surface area (Å²) in [7, 11) is 0. The van der Waals surface area contributed by atoms with Gasteiger partial charge in [-0.1, -0.05) is 0 Å². The second-order valence-corrected chi connectivity index (χ2v) is 5.01. The molecule has 1 aliphatic heterocycles. The molecule has 23 heavy (non-hydrogen) atoms. The van der Waals surface area contributed by atoms with Gasteiger partial charge in [-0.25, -0.2) is 0 Å². The number of aldehydes is 1. The van der Waals surface area contributed by atoms with Gasteiger partial charge in [-0.15, -0.1) is 0 Å². The second-order valence-electron chi connectivity index (χ2n) is 5.01. The summed E-state index contributed by atoms with van der Waals surface area (Å²) in [5.74, 6) is -3.24. The predicted molar refractivity (Wildman–Crippen MR) is 78.5 cm³/mol. The number of ether oxygens (including phenoxy) is 1. The molecular weight excluding hydrogens is 304 g/mol. The van der Waals surface area contributed by atoms with Gasteiger partial charge in [0.2, 0.25) is 0 Å². The Kier molecular flexibility index (Phi) is 3.25. The first-order chi connectivity index (χ1) is 10.9. The number of aliphatic hydroxyl groups excluding tert-OH is 1. The lowest BCUT2D eigenvalue weighted by atomic mass is 9.92. The number of hydrogen-bond donors (Lipinski definition) is 5. The van der Waals surface area contributed by atoms with Gasteiger partial charge < -0.3 is 35.1 Å². The summed E-state index contributed by atoms with van der Waals surface area (Å²) in [4.78, 5) is 11.4. The Morgan fingerprint density at radius 2 is 1.65 bits per heavy atom. The van der Waals surface area contributed by atoms with Crippen molar-refractivity contribution in [3.8, 4) is 28.7 Å². The molecule has 0 amide bonds. The van der Waals surface area contributed by atoms with E-state index in [0.29, 0.717) is 6.29 Å². The quantitative estimate of drug-likeness (QED) is 0.424. The van der Waals surface area contributed by atoms with Crippen LogP contribution in [0.15, 0.2) is 36.1 Å². The zero-order valence-electron chi connectivity index (χ0n) is 11.6. The first kappa shape index (κ1) is 14.6. The Hall–Kier alpha value is -3.35. The van der Waals surface area contributed by atoms with Crippen molar-refractivity contribution in [1.82, 2.24) is 0 Å². The summed E-state index contributed by atoms with van der Waals surface area (Å²) in [6.45, 7) is 0. The monoisotopic (exact) mass is 316 g/mol. The molecule has 0 saturated carbocycles. The van der Waals surface area contributed by atoms with E-state index in [1.165, 1.54) is 18.2 Å². The van der Waals surface area contributed by atoms with Crippen LogP contribution in [0.25, 0.3) is 5.76 Å². The summed E-state index contributed by atoms with van der Waals surface area (Å²) < 4.78 is 5.48. The molecule has 7 nitrogen and oxygen atoms in total. The highest BCUT2D eigenvalue weighted by molar-refractivity contribution is 5.81. The van der Waals surface area contributed by atoms with Crippen molar-refractivity contribution in [3.05, 3.63) is 47.2 Å². The number of rotatable bonds is 2. The van der Waals surface area contributed by atoms with E-state index in [-0.39, 0.29) is 34.1 Å². The molecule has 0 bridgehead atoms. The van der Waals surface area contributed by atoms with Crippen molar-refractivity contribution in [3.63, 3.8) is 0 Å². The molecule has 2 aromatic rings. The van der Waals surface area contributed by atoms with E-state index >= 15 is 0 Å². The molecule has 1 atom stereocenters. The number of phenolic OH excluding ortho intramolecular Hbond substituents is 4. The Bertz CT molecular complexity index is 839. The lowest BCUT2D eigenvalue weighted by molar-refractivity contribution is -0.109. The smallest absolute Gasteiger partial charge is 0.173 e. The maximum absolute atomic E-state index is 11.4. The fourth-order valence-corrected chi connectivity index (χ4v) is 2.44. The molecule has 1 aliphatic rings. The average molecular weight is 316 g/mol. The van der Waals surface area contributed by atoms with Gasteiger partial charge in [0.15, 0.2) is 23.0 Å². The minimum absolute atomic E-state index is 0.0000326. The number of phenols is 4. The lowest BCUT2D eigenvalue weighted by Gasteiger charge is -2.25. The minimum atomic E-state index is -1.19. The van der Waals surface area contributed by atoms with E-state index in [4.69, 9.17) is 4.74 Å². The van der Waals surface area contributed by atoms with Crippen LogP contribution in [0.4, 0.5) is 0 Å². The summed E-state index contributed by atoms with van der Waals surface area (Å²) in [5, 5.41) is 48.6. The van der Waals surface area contributed by atoms with Gasteiger partial charge in [-0.3, -0.25) is 0 Å². The normalized spacial score (nSPS) is 16.6. The summed E-state index contributed by atoms with van der Waals surface area (Å²) in [6.07, 6.45) is 0.424. The molecule has 118 valence electrons. The van der Waals surface area contributed by atoms with Crippen LogP contribution >= 0.6 is 0 Å². The molecule has 0 spiro atoms. The molecule has 5 N–H and O–H groups in total. The maximum Gasteiger partial charge on any atom is 0.173 e. The van der Waals surface area contributed by atoms with Crippen molar-refractivity contribution < 1.29 is 35.1 Å². The third kappa shape index (κ3) is 2.28. The average Bonchev–Trinajstić information content (AvgIpc) is 2.50. The SMILES string of the molecule is O=CC1C(O)=C(c2ccc(O)c(O)c2)Oc2cc(O)cc(O)c21. The summed E-state index contributed by atoms with van der Waals surface area (Å²) >= 11 is 0. The summed E-state index contributed by atoms with van der Waals surface area (Å²) in [5.41, 5.74) is 0.236. The molecule has 0 saturated heterocycles. The fraction of sp³-hybridized carbons (Fsp3) is 0.0625. The summed E-state index contributed by atoms with van der Waals surface area (Å²) in [6, 6.07) is 5.94. The van der Waals surface area contributed by atoms with Gasteiger partial charge in [0, 0.05) is 17.7 Å². The van der Waals surface area contributed by atoms with Gasteiger partial charge >= 0.3 is 0 Å². The molecule has 3 rings (SSSR count). The number of benzene rings is 2. The highest BCUT2D eigenvalue weighted by atomic mass is 16.5. The molecule has 0 fully saturated rings. The highest BCUT2D eigenvalue weighted by Gasteiger charge is 2.33. The van der Waals surface area contributed by atoms with Crippen molar-refractivity contribution in [2.45, 2.75) is 5.92 Å². The number of carbonyl (C=O) groups is 1. The van der Waals surface area contributed by atoms with Crippen LogP contribution in [-0.4, -0.2) is 31.8 Å². The molecular formula is C16H12O7. The number of aliphatic hydroxyl groups is 1. The number of aromatic hydroxyl groups is 4. The van der Waals surface area contributed by atoms with Crippen LogP contribution in [0, 0.1) is 0 Å². The van der Waals surface area contributed by atoms with Gasteiger partial charge in [0.25, 0.3) is 0 Å². The number of carbonyl (C=O) groups excluding carboxylic acids is 1. The molecule has 1 heterocycles. The molecule has 1 unspecified atom stereocenters. The van der Waals surface area contributed by atoms with E-state index in [1.807, 2.05) is 0 Å². The first-order valence-electron chi connectivity index (χ1n) is 6.57. The topological polar surface area (TPSA) is 127 Å². The fourth-order valence-electron chi connectivity index (χ4n) is 2.44. The van der Waals surface area contributed by atoms with Crippen LogP contribution in [0.5, 0.6) is 28.7 Å². The van der Waals surface area contributed by atoms with E-state index in [2.05, 4.69) is 0 Å². The van der Waals surface area contributed by atoms with Crippen LogP contribution in [0.1, 0.15) is 17.0 Å². The lowest BCUT2D eigenvalue weighted by Crippen LogP contribution is -2.16. The molecule has 0 aromatic heterocycles. The predicted octanol–water partition coefficient (Wildman–Crippen LogP) is 2.11. The van der Waals surface area contributed by atoms with Crippen molar-refractivity contribution in [2.24, 2.45) is 0 Å². The van der Waals surface area contributed by atoms with Crippen LogP contribution < -0.4 is 4.74 Å². The second kappa shape index (κ2) is 5.13. The van der Waals surface area contributed by atoms with Gasteiger partial charge in [0.05, 0.1) is 5.56 Å². The molecule has 0 radical (unpaired) electrons. The third-order valence-electron chi connectivity index (χ3n) is 3.53. The standard InChI is InChI=1S/C16H12O7/c17-6-9-14-12(21)4-8(18)5-13(14)23-16(15(9)22)7-1-2-10(19)11(20)3-7/h1-6,9,18-22H. The van der Waals surface area contributed by atoms with E-state index in [0.717, 1.165) is 12.1 Å². The van der Waals surface area contributed by atoms with Crippen molar-refractivity contribution in [2.75, 3.05) is 0 Å². The Morgan fingerprint density at radius 1 is 0.913 bits per heavy atom. The van der Waals surface area contributed by atoms with Gasteiger partial charge in [-0.05, 0) is 18.2 Å². The Labute approximate surface area is 129 Å². The Morgan fingerprint density at radius 3 is 2.30 bits per heavy atom. The van der Waals surface area contributed by atoms with E-state index in [9.17, 15) is 30.3 Å². The van der Waals surface area contributed by atoms with Crippen LogP contribution in [0.2, 0.25) is 0 Å². The molecule has 7 heteroatoms. The number of fused-ring (bicyclic) bond motifs is 1. The van der Waals surface area contributed by atoms with Crippen molar-refractivity contribution in [1.29, 1.82) is 0 Å². The first-order valence-corrected chi connectivity index (χ1v) is 6.57. The third-order valence-corrected chi connectivity index (χ3v) is 3.53.